The number of hydrogen-bond acceptors (Lipinski definition) is 11. The summed E-state index contributed by atoms with van der Waals surface area (Å²) >= 11 is 0. The fourth-order valence-electron chi connectivity index (χ4n) is 10.2. The number of nitrogens with zero attached hydrogens (tertiary/aromatic N) is 5. The van der Waals surface area contributed by atoms with Crippen molar-refractivity contribution in [3.63, 3.8) is 0 Å². The van der Waals surface area contributed by atoms with Crippen LogP contribution in [0.1, 0.15) is 116 Å². The summed E-state index contributed by atoms with van der Waals surface area (Å²) in [6, 6.07) is 9.92. The van der Waals surface area contributed by atoms with Crippen molar-refractivity contribution in [1.82, 2.24) is 30.1 Å². The van der Waals surface area contributed by atoms with Crippen LogP contribution in [0, 0.1) is 17.2 Å². The van der Waals surface area contributed by atoms with Crippen molar-refractivity contribution in [3.05, 3.63) is 99.9 Å². The first-order valence-corrected chi connectivity index (χ1v) is 22.8. The van der Waals surface area contributed by atoms with Crippen molar-refractivity contribution in [3.8, 4) is 11.5 Å². The number of anilines is 2. The van der Waals surface area contributed by atoms with Gasteiger partial charge in [-0.25, -0.2) is 14.5 Å². The number of amides is 4. The Hall–Kier alpha value is -6.84. The number of allylic oxidation sites excluding steroid dienone is 1. The molecule has 2 aromatic carbocycles. The van der Waals surface area contributed by atoms with Gasteiger partial charge in [0.1, 0.15) is 28.5 Å². The number of carbonyl (C=O) groups excluding carboxylic acids is 4. The lowest BCUT2D eigenvalue weighted by Crippen LogP contribution is -2.51. The van der Waals surface area contributed by atoms with E-state index in [2.05, 4.69) is 46.3 Å². The predicted molar refractivity (Wildman–Crippen MR) is 242 cm³/mol. The molecule has 5 aliphatic heterocycles. The number of rotatable bonds is 12. The van der Waals surface area contributed by atoms with Crippen LogP contribution < -0.4 is 30.7 Å². The number of nitrogens with one attached hydrogen (secondary N) is 5. The maximum absolute atomic E-state index is 14.2. The zero-order valence-electron chi connectivity index (χ0n) is 36.8. The van der Waals surface area contributed by atoms with Crippen LogP contribution in [0.15, 0.2) is 71.4 Å². The molecule has 4 amide bonds. The molecule has 7 heterocycles. The molecule has 2 saturated heterocycles. The van der Waals surface area contributed by atoms with E-state index >= 15 is 0 Å². The summed E-state index contributed by atoms with van der Waals surface area (Å²) in [5, 5.41) is 24.8. The minimum atomic E-state index is -0.933. The van der Waals surface area contributed by atoms with Crippen LogP contribution in [0.4, 0.5) is 11.4 Å². The fraction of sp³-hybridized carbons (Fsp3) is 0.429. The zero-order chi connectivity index (χ0) is 44.8. The highest BCUT2D eigenvalue weighted by molar-refractivity contribution is 6.18. The van der Waals surface area contributed by atoms with Crippen LogP contribution in [-0.2, 0) is 33.6 Å². The molecule has 0 radical (unpaired) electrons. The van der Waals surface area contributed by atoms with E-state index in [0.717, 1.165) is 84.1 Å². The Kier molecular flexibility index (Phi) is 9.70. The summed E-state index contributed by atoms with van der Waals surface area (Å²) in [5.41, 5.74) is 6.42. The van der Waals surface area contributed by atoms with Crippen molar-refractivity contribution in [2.45, 2.75) is 108 Å². The Morgan fingerprint density at radius 1 is 0.908 bits per heavy atom. The molecule has 4 fully saturated rings. The molecule has 5 N–H and O–H groups in total. The zero-order valence-corrected chi connectivity index (χ0v) is 36.8. The van der Waals surface area contributed by atoms with Gasteiger partial charge in [0.25, 0.3) is 11.8 Å². The Morgan fingerprint density at radius 3 is 2.34 bits per heavy atom. The first-order chi connectivity index (χ1) is 31.3. The summed E-state index contributed by atoms with van der Waals surface area (Å²) in [5.74, 6) is 1.21. The molecule has 7 aliphatic rings. The highest BCUT2D eigenvalue weighted by Crippen LogP contribution is 2.50. The molecule has 2 aromatic heterocycles. The van der Waals surface area contributed by atoms with Gasteiger partial charge >= 0.3 is 0 Å². The van der Waals surface area contributed by atoms with Gasteiger partial charge in [0.2, 0.25) is 11.8 Å². The summed E-state index contributed by atoms with van der Waals surface area (Å²) < 4.78 is 14.4. The molecule has 3 atom stereocenters. The molecule has 1 unspecified atom stereocenters. The van der Waals surface area contributed by atoms with Gasteiger partial charge in [0.05, 0.1) is 11.8 Å². The SMILES string of the molecule is CC1(C)Cc2cc(NC(=O)/C(C=N)=C3\N=C(C[C@@H]4CCN(C5(C)Cc6cc(NC(=O)c7cnn8ccc(C[C@H]9CCNC9=O)nc78)c(C7CC7)cc6O5)C4=O)C=CN3)c(C3CC3)cc2O1. The van der Waals surface area contributed by atoms with E-state index in [0.29, 0.717) is 73.0 Å². The molecule has 16 heteroatoms. The standard InChI is InChI=1S/C49H52N10O6/c1-48(2)22-30-18-38(34(26-4-5-26)20-40(30)64-48)56-45(61)36(24-50)42-51-13-9-32(54-42)17-29-10-14-58(47(29)63)49(3)23-31-19-39(35(27-6-7-27)21-41(31)65-49)57-46(62)37-25-53-59-15-11-33(55-43(37)59)16-28-8-12-52-44(28)60/h9,11,13,15,18-21,24-29,50-51H,4-8,10,12,14,16-17,22-23H2,1-3H3,(H,52,60)(H,56,61)(H,57,62)/b42-36-,50-24?/t28-,29+,49?/m1/s1. The van der Waals surface area contributed by atoms with Crippen LogP contribution >= 0.6 is 0 Å². The predicted octanol–water partition coefficient (Wildman–Crippen LogP) is 6.08. The minimum absolute atomic E-state index is 0.0274. The molecular weight excluding hydrogens is 825 g/mol. The van der Waals surface area contributed by atoms with E-state index < -0.39 is 11.6 Å². The van der Waals surface area contributed by atoms with Gasteiger partial charge in [-0.2, -0.15) is 5.10 Å². The lowest BCUT2D eigenvalue weighted by atomic mass is 9.98. The van der Waals surface area contributed by atoms with Gasteiger partial charge in [-0.05, 0) is 119 Å². The molecule has 0 spiro atoms. The second kappa shape index (κ2) is 15.4. The highest BCUT2D eigenvalue weighted by atomic mass is 16.5. The van der Waals surface area contributed by atoms with E-state index in [1.807, 2.05) is 42.2 Å². The lowest BCUT2D eigenvalue weighted by Gasteiger charge is -2.34. The second-order valence-corrected chi connectivity index (χ2v) is 19.4. The molecule has 4 aromatic rings. The first kappa shape index (κ1) is 40.9. The smallest absolute Gasteiger partial charge is 0.261 e. The number of carbonyl (C=O) groups is 4. The number of fused-ring (bicyclic) bond motifs is 3. The minimum Gasteiger partial charge on any atom is -0.487 e. The largest absolute Gasteiger partial charge is 0.487 e. The monoisotopic (exact) mass is 876 g/mol. The van der Waals surface area contributed by atoms with Gasteiger partial charge in [-0.3, -0.25) is 19.2 Å². The number of aliphatic imine (C=N–C) groups is 1. The normalized spacial score (nSPS) is 24.7. The quantitative estimate of drug-likeness (QED) is 0.0826. The molecule has 11 rings (SSSR count). The van der Waals surface area contributed by atoms with Crippen molar-refractivity contribution in [2.75, 3.05) is 23.7 Å². The maximum atomic E-state index is 14.2. The average Bonchev–Trinajstić information content (AvgIpc) is 4.11. The third kappa shape index (κ3) is 7.71. The van der Waals surface area contributed by atoms with E-state index in [-0.39, 0.29) is 52.5 Å². The third-order valence-electron chi connectivity index (χ3n) is 13.9. The highest BCUT2D eigenvalue weighted by Gasteiger charge is 2.48. The van der Waals surface area contributed by atoms with Gasteiger partial charge in [-0.1, -0.05) is 0 Å². The molecule has 16 nitrogen and oxygen atoms in total. The Morgan fingerprint density at radius 2 is 1.63 bits per heavy atom. The number of aromatic nitrogens is 3. The average molecular weight is 877 g/mol. The summed E-state index contributed by atoms with van der Waals surface area (Å²) in [4.78, 5) is 65.5. The van der Waals surface area contributed by atoms with Crippen LogP contribution in [0.5, 0.6) is 11.5 Å². The van der Waals surface area contributed by atoms with Crippen LogP contribution in [0.2, 0.25) is 0 Å². The van der Waals surface area contributed by atoms with E-state index in [1.54, 1.807) is 16.9 Å². The van der Waals surface area contributed by atoms with Gasteiger partial charge in [0, 0.05) is 103 Å². The fourth-order valence-corrected chi connectivity index (χ4v) is 10.2. The topological polar surface area (TPSA) is 204 Å². The van der Waals surface area contributed by atoms with Gasteiger partial charge in [0.15, 0.2) is 11.4 Å². The molecule has 334 valence electrons. The maximum Gasteiger partial charge on any atom is 0.261 e. The third-order valence-corrected chi connectivity index (χ3v) is 13.9. The van der Waals surface area contributed by atoms with Crippen molar-refractivity contribution >= 4 is 52.6 Å². The van der Waals surface area contributed by atoms with E-state index in [9.17, 15) is 19.2 Å². The van der Waals surface area contributed by atoms with Crippen molar-refractivity contribution in [1.29, 1.82) is 5.41 Å². The van der Waals surface area contributed by atoms with Gasteiger partial charge < -0.3 is 41.1 Å². The summed E-state index contributed by atoms with van der Waals surface area (Å²) in [6.07, 6.45) is 15.3. The number of ether oxygens (including phenoxy) is 2. The second-order valence-electron chi connectivity index (χ2n) is 19.4. The van der Waals surface area contributed by atoms with Crippen LogP contribution in [-0.4, -0.2) is 79.5 Å². The number of likely N-dealkylation sites (tertiary alicyclic amines) is 1. The van der Waals surface area contributed by atoms with Crippen molar-refractivity contribution in [2.24, 2.45) is 16.8 Å². The molecule has 0 bridgehead atoms. The van der Waals surface area contributed by atoms with Crippen LogP contribution in [0.25, 0.3) is 5.65 Å². The van der Waals surface area contributed by atoms with E-state index in [4.69, 9.17) is 24.9 Å². The molecule has 2 aliphatic carbocycles. The number of benzene rings is 2. The Bertz CT molecular complexity index is 2830. The Labute approximate surface area is 375 Å². The first-order valence-electron chi connectivity index (χ1n) is 22.8. The number of hydrogen-bond donors (Lipinski definition) is 5. The van der Waals surface area contributed by atoms with Gasteiger partial charge in [-0.15, -0.1) is 0 Å². The molecule has 65 heavy (non-hydrogen) atoms. The molecular formula is C49H52N10O6. The van der Waals surface area contributed by atoms with Crippen molar-refractivity contribution < 1.29 is 28.7 Å². The lowest BCUT2D eigenvalue weighted by molar-refractivity contribution is -0.146. The van der Waals surface area contributed by atoms with E-state index in [1.165, 1.54) is 6.20 Å². The summed E-state index contributed by atoms with van der Waals surface area (Å²) in [7, 11) is 0. The Balaban J connectivity index is 0.773. The van der Waals surface area contributed by atoms with Crippen LogP contribution in [0.3, 0.4) is 0 Å². The summed E-state index contributed by atoms with van der Waals surface area (Å²) in [6.45, 7) is 7.22. The molecule has 2 saturated carbocycles.